The number of carbonyl (C=O) groups is 1. The molecule has 27 heavy (non-hydrogen) atoms. The van der Waals surface area contributed by atoms with E-state index in [0.29, 0.717) is 17.1 Å². The van der Waals surface area contributed by atoms with Crippen molar-refractivity contribution in [1.29, 1.82) is 0 Å². The molecule has 1 aromatic heterocycles. The van der Waals surface area contributed by atoms with E-state index < -0.39 is 0 Å². The van der Waals surface area contributed by atoms with Crippen LogP contribution >= 0.6 is 0 Å². The molecule has 0 bridgehead atoms. The van der Waals surface area contributed by atoms with Crippen molar-refractivity contribution in [2.24, 2.45) is 0 Å². The van der Waals surface area contributed by atoms with Crippen molar-refractivity contribution in [3.05, 3.63) is 66.1 Å². The fourth-order valence-corrected chi connectivity index (χ4v) is 2.62. The highest BCUT2D eigenvalue weighted by Crippen LogP contribution is 2.24. The van der Waals surface area contributed by atoms with Gasteiger partial charge < -0.3 is 10.1 Å². The van der Waals surface area contributed by atoms with E-state index in [1.165, 1.54) is 16.8 Å². The summed E-state index contributed by atoms with van der Waals surface area (Å²) in [5.41, 5.74) is 2.52. The monoisotopic (exact) mass is 367 g/mol. The standard InChI is InChI=1S/C21H22FN3O2/c1-4-14(2)23-21(26)20-13-19(15-5-11-18(27-3)12-6-15)24-25(20)17-9-7-16(22)8-10-17/h5-14H,4H2,1-3H3,(H,23,26)/t14-/m0/s1. The summed E-state index contributed by atoms with van der Waals surface area (Å²) in [7, 11) is 1.61. The highest BCUT2D eigenvalue weighted by Gasteiger charge is 2.19. The van der Waals surface area contributed by atoms with Gasteiger partial charge in [0.15, 0.2) is 0 Å². The van der Waals surface area contributed by atoms with Crippen LogP contribution in [0.25, 0.3) is 16.9 Å². The maximum absolute atomic E-state index is 13.3. The van der Waals surface area contributed by atoms with E-state index in [9.17, 15) is 9.18 Å². The molecule has 1 atom stereocenters. The molecule has 1 N–H and O–H groups in total. The zero-order valence-corrected chi connectivity index (χ0v) is 15.6. The Morgan fingerprint density at radius 3 is 2.44 bits per heavy atom. The first-order valence-corrected chi connectivity index (χ1v) is 8.83. The third-order valence-electron chi connectivity index (χ3n) is 4.39. The highest BCUT2D eigenvalue weighted by atomic mass is 19.1. The summed E-state index contributed by atoms with van der Waals surface area (Å²) in [6.07, 6.45) is 0.821. The van der Waals surface area contributed by atoms with E-state index in [1.54, 1.807) is 25.3 Å². The molecule has 140 valence electrons. The molecular formula is C21H22FN3O2. The number of nitrogens with one attached hydrogen (secondary N) is 1. The zero-order chi connectivity index (χ0) is 19.4. The van der Waals surface area contributed by atoms with Gasteiger partial charge in [0.25, 0.3) is 5.91 Å². The summed E-state index contributed by atoms with van der Waals surface area (Å²) in [6, 6.07) is 15.1. The van der Waals surface area contributed by atoms with Crippen LogP contribution in [0.2, 0.25) is 0 Å². The first-order chi connectivity index (χ1) is 13.0. The van der Waals surface area contributed by atoms with E-state index in [2.05, 4.69) is 10.4 Å². The molecule has 0 unspecified atom stereocenters. The predicted octanol–water partition coefficient (Wildman–Crippen LogP) is 4.22. The molecule has 0 saturated heterocycles. The number of halogens is 1. The van der Waals surface area contributed by atoms with Gasteiger partial charge in [0.2, 0.25) is 0 Å². The number of carbonyl (C=O) groups excluding carboxylic acids is 1. The van der Waals surface area contributed by atoms with Gasteiger partial charge in [-0.3, -0.25) is 4.79 Å². The molecule has 3 rings (SSSR count). The number of methoxy groups -OCH3 is 1. The molecule has 3 aromatic rings. The van der Waals surface area contributed by atoms with Gasteiger partial charge in [0, 0.05) is 11.6 Å². The maximum atomic E-state index is 13.3. The number of rotatable bonds is 6. The average Bonchev–Trinajstić information content (AvgIpc) is 3.14. The third-order valence-corrected chi connectivity index (χ3v) is 4.39. The lowest BCUT2D eigenvalue weighted by Gasteiger charge is -2.12. The molecule has 6 heteroatoms. The Balaban J connectivity index is 2.04. The molecule has 0 saturated carbocycles. The van der Waals surface area contributed by atoms with Crippen LogP contribution in [-0.4, -0.2) is 28.8 Å². The SMILES string of the molecule is CC[C@H](C)NC(=O)c1cc(-c2ccc(OC)cc2)nn1-c1ccc(F)cc1. The minimum atomic E-state index is -0.341. The van der Waals surface area contributed by atoms with Crippen molar-refractivity contribution in [3.63, 3.8) is 0 Å². The number of hydrogen-bond donors (Lipinski definition) is 1. The van der Waals surface area contributed by atoms with Crippen molar-refractivity contribution in [3.8, 4) is 22.7 Å². The Morgan fingerprint density at radius 2 is 1.85 bits per heavy atom. The maximum Gasteiger partial charge on any atom is 0.270 e. The molecule has 0 aliphatic heterocycles. The van der Waals surface area contributed by atoms with Crippen LogP contribution in [0.1, 0.15) is 30.8 Å². The first kappa shape index (κ1) is 18.6. The minimum Gasteiger partial charge on any atom is -0.497 e. The number of hydrogen-bond acceptors (Lipinski definition) is 3. The highest BCUT2D eigenvalue weighted by molar-refractivity contribution is 5.94. The Hall–Kier alpha value is -3.15. The fourth-order valence-electron chi connectivity index (χ4n) is 2.62. The van der Waals surface area contributed by atoms with Crippen LogP contribution in [0, 0.1) is 5.82 Å². The van der Waals surface area contributed by atoms with Crippen molar-refractivity contribution >= 4 is 5.91 Å². The average molecular weight is 367 g/mol. The Morgan fingerprint density at radius 1 is 1.19 bits per heavy atom. The summed E-state index contributed by atoms with van der Waals surface area (Å²) in [5, 5.41) is 7.54. The summed E-state index contributed by atoms with van der Waals surface area (Å²) < 4.78 is 20.0. The summed E-state index contributed by atoms with van der Waals surface area (Å²) >= 11 is 0. The van der Waals surface area contributed by atoms with Gasteiger partial charge >= 0.3 is 0 Å². The topological polar surface area (TPSA) is 56.1 Å². The van der Waals surface area contributed by atoms with Crippen molar-refractivity contribution in [2.75, 3.05) is 7.11 Å². The van der Waals surface area contributed by atoms with Crippen LogP contribution in [0.5, 0.6) is 5.75 Å². The van der Waals surface area contributed by atoms with Crippen molar-refractivity contribution in [1.82, 2.24) is 15.1 Å². The summed E-state index contributed by atoms with van der Waals surface area (Å²) in [6.45, 7) is 3.95. The van der Waals surface area contributed by atoms with E-state index in [0.717, 1.165) is 17.7 Å². The molecular weight excluding hydrogens is 345 g/mol. The summed E-state index contributed by atoms with van der Waals surface area (Å²) in [4.78, 5) is 12.8. The van der Waals surface area contributed by atoms with Gasteiger partial charge in [-0.2, -0.15) is 5.10 Å². The predicted molar refractivity (Wildman–Crippen MR) is 103 cm³/mol. The lowest BCUT2D eigenvalue weighted by Crippen LogP contribution is -2.33. The van der Waals surface area contributed by atoms with E-state index in [-0.39, 0.29) is 17.8 Å². The van der Waals surface area contributed by atoms with Gasteiger partial charge in [0.1, 0.15) is 17.3 Å². The van der Waals surface area contributed by atoms with Gasteiger partial charge in [0.05, 0.1) is 18.5 Å². The molecule has 0 spiro atoms. The Kier molecular flexibility index (Phi) is 5.54. The molecule has 5 nitrogen and oxygen atoms in total. The first-order valence-electron chi connectivity index (χ1n) is 8.83. The second-order valence-electron chi connectivity index (χ2n) is 6.31. The zero-order valence-electron chi connectivity index (χ0n) is 15.6. The van der Waals surface area contributed by atoms with E-state index in [4.69, 9.17) is 4.74 Å². The Labute approximate surface area is 157 Å². The smallest absolute Gasteiger partial charge is 0.270 e. The molecule has 0 aliphatic rings. The lowest BCUT2D eigenvalue weighted by molar-refractivity contribution is 0.0931. The number of ether oxygens (including phenoxy) is 1. The van der Waals surface area contributed by atoms with Gasteiger partial charge in [-0.15, -0.1) is 0 Å². The van der Waals surface area contributed by atoms with Crippen LogP contribution < -0.4 is 10.1 Å². The summed E-state index contributed by atoms with van der Waals surface area (Å²) in [5.74, 6) is 0.180. The number of aromatic nitrogens is 2. The van der Waals surface area contributed by atoms with Crippen molar-refractivity contribution < 1.29 is 13.9 Å². The largest absolute Gasteiger partial charge is 0.497 e. The second-order valence-corrected chi connectivity index (χ2v) is 6.31. The fraction of sp³-hybridized carbons (Fsp3) is 0.238. The Bertz CT molecular complexity index is 918. The molecule has 0 aliphatic carbocycles. The van der Waals surface area contributed by atoms with Crippen molar-refractivity contribution in [2.45, 2.75) is 26.3 Å². The van der Waals surface area contributed by atoms with Crippen LogP contribution in [0.15, 0.2) is 54.6 Å². The number of nitrogens with zero attached hydrogens (tertiary/aromatic N) is 2. The molecule has 1 amide bonds. The lowest BCUT2D eigenvalue weighted by atomic mass is 10.1. The third kappa shape index (κ3) is 4.16. The van der Waals surface area contributed by atoms with E-state index in [1.807, 2.05) is 38.1 Å². The molecule has 2 aromatic carbocycles. The van der Waals surface area contributed by atoms with Gasteiger partial charge in [-0.1, -0.05) is 6.92 Å². The van der Waals surface area contributed by atoms with E-state index >= 15 is 0 Å². The van der Waals surface area contributed by atoms with Crippen LogP contribution in [-0.2, 0) is 0 Å². The molecule has 0 radical (unpaired) electrons. The second kappa shape index (κ2) is 8.03. The van der Waals surface area contributed by atoms with Crippen LogP contribution in [0.3, 0.4) is 0 Å². The van der Waals surface area contributed by atoms with Gasteiger partial charge in [-0.25, -0.2) is 9.07 Å². The van der Waals surface area contributed by atoms with Gasteiger partial charge in [-0.05, 0) is 67.9 Å². The molecule has 1 heterocycles. The minimum absolute atomic E-state index is 0.0403. The quantitative estimate of drug-likeness (QED) is 0.710. The number of amides is 1. The molecule has 0 fully saturated rings. The normalized spacial score (nSPS) is 11.9. The van der Waals surface area contributed by atoms with Crippen LogP contribution in [0.4, 0.5) is 4.39 Å². The number of benzene rings is 2.